The minimum atomic E-state index is 0.512. The van der Waals surface area contributed by atoms with Crippen molar-refractivity contribution in [3.8, 4) is 0 Å². The monoisotopic (exact) mass is 305 g/mol. The van der Waals surface area contributed by atoms with Gasteiger partial charge in [-0.05, 0) is 64.5 Å². The van der Waals surface area contributed by atoms with Crippen molar-refractivity contribution >= 4 is 23.0 Å². The molecule has 2 N–H and O–H groups in total. The molecular weight excluding hydrogens is 278 g/mol. The molecule has 1 heterocycles. The molecule has 1 aromatic rings. The number of benzene rings is 1. The van der Waals surface area contributed by atoms with E-state index in [1.54, 1.807) is 0 Å². The van der Waals surface area contributed by atoms with E-state index >= 15 is 0 Å². The molecule has 1 aromatic carbocycles. The van der Waals surface area contributed by atoms with Crippen LogP contribution in [0, 0.1) is 6.92 Å². The first-order valence-corrected chi connectivity index (χ1v) is 8.34. The lowest BCUT2D eigenvalue weighted by Crippen LogP contribution is -2.48. The highest BCUT2D eigenvalue weighted by Crippen LogP contribution is 2.18. The highest BCUT2D eigenvalue weighted by atomic mass is 32.1. The lowest BCUT2D eigenvalue weighted by molar-refractivity contribution is 0.116. The van der Waals surface area contributed by atoms with Crippen molar-refractivity contribution in [2.24, 2.45) is 0 Å². The molecule has 0 amide bonds. The van der Waals surface area contributed by atoms with Crippen molar-refractivity contribution in [3.63, 3.8) is 0 Å². The molecular formula is C17H27N3S. The Hall–Kier alpha value is -1.13. The van der Waals surface area contributed by atoms with Crippen LogP contribution >= 0.6 is 12.2 Å². The smallest absolute Gasteiger partial charge is 0.170 e. The van der Waals surface area contributed by atoms with Crippen LogP contribution in [0.2, 0.25) is 0 Å². The molecule has 4 heteroatoms. The maximum Gasteiger partial charge on any atom is 0.170 e. The third-order valence-corrected chi connectivity index (χ3v) is 4.53. The van der Waals surface area contributed by atoms with E-state index in [-0.39, 0.29) is 0 Å². The van der Waals surface area contributed by atoms with E-state index in [0.29, 0.717) is 17.2 Å². The summed E-state index contributed by atoms with van der Waals surface area (Å²) in [6.45, 7) is 8.80. The number of anilines is 1. The fourth-order valence-electron chi connectivity index (χ4n) is 2.94. The second-order valence-corrected chi connectivity index (χ2v) is 6.54. The number of nitrogens with one attached hydrogen (secondary N) is 2. The predicted molar refractivity (Wildman–Crippen MR) is 94.9 cm³/mol. The molecule has 0 saturated carbocycles. The van der Waals surface area contributed by atoms with Crippen molar-refractivity contribution in [1.29, 1.82) is 0 Å². The molecule has 2 rings (SSSR count). The number of nitrogens with zero attached hydrogens (tertiary/aromatic N) is 1. The van der Waals surface area contributed by atoms with Gasteiger partial charge in [0.05, 0.1) is 0 Å². The second-order valence-electron chi connectivity index (χ2n) is 6.13. The number of piperidine rings is 1. The Balaban J connectivity index is 1.76. The van der Waals surface area contributed by atoms with E-state index in [1.165, 1.54) is 31.4 Å². The molecule has 21 heavy (non-hydrogen) atoms. The van der Waals surface area contributed by atoms with Gasteiger partial charge in [0.2, 0.25) is 0 Å². The van der Waals surface area contributed by atoms with Crippen molar-refractivity contribution in [2.75, 3.05) is 18.4 Å². The summed E-state index contributed by atoms with van der Waals surface area (Å²) in [6.07, 6.45) is 4.00. The Labute approximate surface area is 134 Å². The van der Waals surface area contributed by atoms with Gasteiger partial charge >= 0.3 is 0 Å². The second kappa shape index (κ2) is 7.76. The van der Waals surface area contributed by atoms with Gasteiger partial charge in [-0.1, -0.05) is 24.1 Å². The van der Waals surface area contributed by atoms with Crippen LogP contribution in [0.4, 0.5) is 5.69 Å². The van der Waals surface area contributed by atoms with Crippen molar-refractivity contribution < 1.29 is 0 Å². The highest BCUT2D eigenvalue weighted by Gasteiger charge is 2.22. The van der Waals surface area contributed by atoms with Crippen molar-refractivity contribution in [2.45, 2.75) is 52.1 Å². The highest BCUT2D eigenvalue weighted by molar-refractivity contribution is 7.80. The normalized spacial score (nSPS) is 20.8. The van der Waals surface area contributed by atoms with E-state index in [2.05, 4.69) is 60.6 Å². The molecule has 1 fully saturated rings. The molecule has 2 atom stereocenters. The SMILES string of the molecule is Cc1ccc(NC(=S)NCC(C)N2CCCCC2C)cc1. The van der Waals surface area contributed by atoms with Gasteiger partial charge < -0.3 is 10.6 Å². The first-order valence-electron chi connectivity index (χ1n) is 7.93. The topological polar surface area (TPSA) is 27.3 Å². The number of rotatable bonds is 4. The number of hydrogen-bond acceptors (Lipinski definition) is 2. The summed E-state index contributed by atoms with van der Waals surface area (Å²) in [5.74, 6) is 0. The summed E-state index contributed by atoms with van der Waals surface area (Å²) in [5.41, 5.74) is 2.30. The average molecular weight is 305 g/mol. The molecule has 2 unspecified atom stereocenters. The molecule has 0 aliphatic carbocycles. The third-order valence-electron chi connectivity index (χ3n) is 4.29. The van der Waals surface area contributed by atoms with Gasteiger partial charge in [-0.25, -0.2) is 0 Å². The Morgan fingerprint density at radius 2 is 2.05 bits per heavy atom. The van der Waals surface area contributed by atoms with Crippen LogP contribution in [-0.2, 0) is 0 Å². The van der Waals surface area contributed by atoms with Crippen LogP contribution in [0.15, 0.2) is 24.3 Å². The van der Waals surface area contributed by atoms with Gasteiger partial charge in [0.15, 0.2) is 5.11 Å². The summed E-state index contributed by atoms with van der Waals surface area (Å²) < 4.78 is 0. The van der Waals surface area contributed by atoms with Gasteiger partial charge in [0.25, 0.3) is 0 Å². The summed E-state index contributed by atoms with van der Waals surface area (Å²) in [7, 11) is 0. The van der Waals surface area contributed by atoms with Crippen LogP contribution in [0.5, 0.6) is 0 Å². The number of aryl methyl sites for hydroxylation is 1. The molecule has 116 valence electrons. The lowest BCUT2D eigenvalue weighted by atomic mass is 10.0. The summed E-state index contributed by atoms with van der Waals surface area (Å²) >= 11 is 5.38. The van der Waals surface area contributed by atoms with Gasteiger partial charge in [0, 0.05) is 24.3 Å². The molecule has 3 nitrogen and oxygen atoms in total. The first-order chi connectivity index (χ1) is 10.1. The summed E-state index contributed by atoms with van der Waals surface area (Å²) in [6, 6.07) is 9.48. The van der Waals surface area contributed by atoms with Gasteiger partial charge in [-0.2, -0.15) is 0 Å². The molecule has 0 radical (unpaired) electrons. The Bertz CT molecular complexity index is 458. The number of hydrogen-bond donors (Lipinski definition) is 2. The first kappa shape index (κ1) is 16.2. The van der Waals surface area contributed by atoms with E-state index in [4.69, 9.17) is 12.2 Å². The van der Waals surface area contributed by atoms with E-state index in [0.717, 1.165) is 12.2 Å². The van der Waals surface area contributed by atoms with E-state index < -0.39 is 0 Å². The van der Waals surface area contributed by atoms with Crippen LogP contribution < -0.4 is 10.6 Å². The lowest BCUT2D eigenvalue weighted by Gasteiger charge is -2.38. The largest absolute Gasteiger partial charge is 0.361 e. The van der Waals surface area contributed by atoms with Crippen LogP contribution in [0.25, 0.3) is 0 Å². The zero-order valence-corrected chi connectivity index (χ0v) is 14.2. The maximum absolute atomic E-state index is 5.38. The minimum Gasteiger partial charge on any atom is -0.361 e. The van der Waals surface area contributed by atoms with Crippen LogP contribution in [0.1, 0.15) is 38.7 Å². The quantitative estimate of drug-likeness (QED) is 0.832. The van der Waals surface area contributed by atoms with Crippen LogP contribution in [-0.4, -0.2) is 35.2 Å². The van der Waals surface area contributed by atoms with Crippen molar-refractivity contribution in [1.82, 2.24) is 10.2 Å². The zero-order chi connectivity index (χ0) is 15.2. The fraction of sp³-hybridized carbons (Fsp3) is 0.588. The third kappa shape index (κ3) is 4.97. The van der Waals surface area contributed by atoms with Crippen molar-refractivity contribution in [3.05, 3.63) is 29.8 Å². The fourth-order valence-corrected chi connectivity index (χ4v) is 3.15. The molecule has 1 aliphatic rings. The van der Waals surface area contributed by atoms with Gasteiger partial charge in [-0.15, -0.1) is 0 Å². The standard InChI is InChI=1S/C17H27N3S/c1-13-7-9-16(10-8-13)19-17(21)18-12-15(3)20-11-5-4-6-14(20)2/h7-10,14-15H,4-6,11-12H2,1-3H3,(H2,18,19,21). The molecule has 1 aliphatic heterocycles. The van der Waals surface area contributed by atoms with Gasteiger partial charge in [-0.3, -0.25) is 4.90 Å². The average Bonchev–Trinajstić information content (AvgIpc) is 2.48. The Morgan fingerprint density at radius 1 is 1.33 bits per heavy atom. The molecule has 0 aromatic heterocycles. The van der Waals surface area contributed by atoms with E-state index in [9.17, 15) is 0 Å². The number of thiocarbonyl (C=S) groups is 1. The summed E-state index contributed by atoms with van der Waals surface area (Å²) in [4.78, 5) is 2.59. The summed E-state index contributed by atoms with van der Waals surface area (Å²) in [5, 5.41) is 7.29. The molecule has 1 saturated heterocycles. The Morgan fingerprint density at radius 3 is 2.71 bits per heavy atom. The molecule has 0 spiro atoms. The maximum atomic E-state index is 5.38. The van der Waals surface area contributed by atoms with Crippen LogP contribution in [0.3, 0.4) is 0 Å². The minimum absolute atomic E-state index is 0.512. The van der Waals surface area contributed by atoms with Gasteiger partial charge in [0.1, 0.15) is 0 Å². The number of likely N-dealkylation sites (tertiary alicyclic amines) is 1. The van der Waals surface area contributed by atoms with E-state index in [1.807, 2.05) is 0 Å². The molecule has 0 bridgehead atoms. The Kier molecular flexibility index (Phi) is 6.00. The zero-order valence-electron chi connectivity index (χ0n) is 13.4. The predicted octanol–water partition coefficient (Wildman–Crippen LogP) is 3.54.